The Hall–Kier alpha value is -3.18. The lowest BCUT2D eigenvalue weighted by molar-refractivity contribution is -0.154. The van der Waals surface area contributed by atoms with Gasteiger partial charge in [-0.3, -0.25) is 18.9 Å². The number of esters is 2. The van der Waals surface area contributed by atoms with Gasteiger partial charge in [0.2, 0.25) is 5.91 Å². The Kier molecular flexibility index (Phi) is 10.3. The molecule has 2 heterocycles. The molecule has 2 aliphatic heterocycles. The number of nitrogens with two attached hydrogens (primary N) is 1. The Morgan fingerprint density at radius 2 is 1.90 bits per heavy atom. The van der Waals surface area contributed by atoms with Crippen LogP contribution in [0.3, 0.4) is 0 Å². The highest BCUT2D eigenvalue weighted by Crippen LogP contribution is 2.46. The number of carbonyl (C=O) groups is 3. The summed E-state index contributed by atoms with van der Waals surface area (Å²) in [6.07, 6.45) is 2.75. The first-order valence-electron chi connectivity index (χ1n) is 12.6. The largest absolute Gasteiger partial charge is 0.462 e. The zero-order valence-electron chi connectivity index (χ0n) is 22.6. The van der Waals surface area contributed by atoms with Gasteiger partial charge in [0.05, 0.1) is 18.8 Å². The number of nitrogens with zero attached hydrogens (tertiary/aromatic N) is 1. The number of allylic oxidation sites excluding steroid dienone is 1. The Morgan fingerprint density at radius 3 is 2.51 bits per heavy atom. The van der Waals surface area contributed by atoms with Crippen molar-refractivity contribution in [2.75, 3.05) is 6.61 Å². The summed E-state index contributed by atoms with van der Waals surface area (Å²) in [6.45, 7) is 7.75. The van der Waals surface area contributed by atoms with E-state index in [1.165, 1.54) is 13.8 Å². The number of ether oxygens (including phenoxy) is 3. The molecule has 0 bridgehead atoms. The van der Waals surface area contributed by atoms with Crippen LogP contribution >= 0.6 is 7.75 Å². The number of primary amides is 1. The van der Waals surface area contributed by atoms with Crippen LogP contribution in [0.25, 0.3) is 0 Å². The first-order chi connectivity index (χ1) is 18.4. The molecule has 0 aromatic heterocycles. The molecular formula is C26H36N3O9P. The van der Waals surface area contributed by atoms with Gasteiger partial charge in [0.1, 0.15) is 11.8 Å². The fraction of sp³-hybridized carbons (Fsp3) is 0.500. The molecule has 1 fully saturated rings. The minimum atomic E-state index is -4.14. The number of hydrogen-bond donors (Lipinski definition) is 2. The Bertz CT molecular complexity index is 1140. The highest BCUT2D eigenvalue weighted by Gasteiger charge is 2.47. The molecular weight excluding hydrogens is 529 g/mol. The van der Waals surface area contributed by atoms with Crippen molar-refractivity contribution in [2.24, 2.45) is 11.7 Å². The topological polar surface area (TPSA) is 156 Å². The Morgan fingerprint density at radius 1 is 1.21 bits per heavy atom. The lowest BCUT2D eigenvalue weighted by atomic mass is 10.00. The highest BCUT2D eigenvalue weighted by molar-refractivity contribution is 7.52. The molecule has 1 aromatic carbocycles. The fourth-order valence-electron chi connectivity index (χ4n) is 4.05. The van der Waals surface area contributed by atoms with Gasteiger partial charge in [0.15, 0.2) is 12.3 Å². The lowest BCUT2D eigenvalue weighted by Crippen LogP contribution is -2.40. The zero-order valence-corrected chi connectivity index (χ0v) is 23.5. The molecule has 13 heteroatoms. The third-order valence-corrected chi connectivity index (χ3v) is 7.61. The highest BCUT2D eigenvalue weighted by atomic mass is 31.2. The molecule has 2 aliphatic rings. The van der Waals surface area contributed by atoms with E-state index in [1.807, 2.05) is 0 Å². The van der Waals surface area contributed by atoms with E-state index in [-0.39, 0.29) is 18.5 Å². The summed E-state index contributed by atoms with van der Waals surface area (Å²) in [5.74, 6) is -1.86. The van der Waals surface area contributed by atoms with Crippen molar-refractivity contribution in [3.05, 3.63) is 54.4 Å². The smallest absolute Gasteiger partial charge is 0.459 e. The van der Waals surface area contributed by atoms with Crippen molar-refractivity contribution in [1.82, 2.24) is 9.99 Å². The second-order valence-electron chi connectivity index (χ2n) is 9.59. The molecule has 0 saturated carbocycles. The standard InChI is InChI=1S/C26H36N3O9P/c1-16(2)35-26(32)18(4)28-39(33,38-21-11-7-6-8-12-21)34-15-22-17(3)23(36-19(5)30)25(37-22)29-13-9-10-20(14-29)24(27)31/h6-9,11-14,16-18,22-23,25H,10,15H2,1-5H3,(H2,27,31)(H,28,33)/t17-,18+,22-,23-,25-,39?/m1/s1. The number of hydrogen-bond acceptors (Lipinski definition) is 10. The van der Waals surface area contributed by atoms with Gasteiger partial charge in [-0.25, -0.2) is 4.57 Å². The minimum Gasteiger partial charge on any atom is -0.462 e. The van der Waals surface area contributed by atoms with Gasteiger partial charge < -0.3 is 29.4 Å². The first-order valence-corrected chi connectivity index (χ1v) is 14.2. The number of benzene rings is 1. The van der Waals surface area contributed by atoms with Crippen LogP contribution < -0.4 is 15.3 Å². The third-order valence-electron chi connectivity index (χ3n) is 5.97. The maximum absolute atomic E-state index is 13.8. The monoisotopic (exact) mass is 565 g/mol. The first kappa shape index (κ1) is 30.4. The van der Waals surface area contributed by atoms with E-state index in [9.17, 15) is 18.9 Å². The van der Waals surface area contributed by atoms with E-state index in [2.05, 4.69) is 5.09 Å². The summed E-state index contributed by atoms with van der Waals surface area (Å²) in [6, 6.07) is 7.36. The van der Waals surface area contributed by atoms with Crippen LogP contribution in [0.4, 0.5) is 0 Å². The van der Waals surface area contributed by atoms with E-state index in [0.29, 0.717) is 12.0 Å². The zero-order chi connectivity index (χ0) is 28.7. The van der Waals surface area contributed by atoms with E-state index >= 15 is 0 Å². The third kappa shape index (κ3) is 8.40. The van der Waals surface area contributed by atoms with E-state index in [0.717, 1.165) is 0 Å². The fourth-order valence-corrected chi connectivity index (χ4v) is 5.55. The van der Waals surface area contributed by atoms with Crippen LogP contribution in [0.5, 0.6) is 5.75 Å². The number of carbonyl (C=O) groups excluding carboxylic acids is 3. The van der Waals surface area contributed by atoms with Crippen molar-refractivity contribution in [2.45, 2.75) is 71.6 Å². The second kappa shape index (κ2) is 13.3. The summed E-state index contributed by atoms with van der Waals surface area (Å²) < 4.78 is 42.2. The molecule has 6 atom stereocenters. The lowest BCUT2D eigenvalue weighted by Gasteiger charge is -2.30. The number of rotatable bonds is 12. The predicted octanol–water partition coefficient (Wildman–Crippen LogP) is 3.00. The molecule has 0 spiro atoms. The van der Waals surface area contributed by atoms with Crippen molar-refractivity contribution in [3.63, 3.8) is 0 Å². The van der Waals surface area contributed by atoms with Gasteiger partial charge in [0.25, 0.3) is 0 Å². The van der Waals surface area contributed by atoms with E-state index in [1.54, 1.807) is 74.5 Å². The van der Waals surface area contributed by atoms with Crippen molar-refractivity contribution in [1.29, 1.82) is 0 Å². The van der Waals surface area contributed by atoms with Crippen LogP contribution in [0.1, 0.15) is 41.0 Å². The average Bonchev–Trinajstić information content (AvgIpc) is 3.17. The van der Waals surface area contributed by atoms with Gasteiger partial charge >= 0.3 is 19.7 Å². The Labute approximate surface area is 228 Å². The molecule has 0 radical (unpaired) electrons. The van der Waals surface area contributed by atoms with Gasteiger partial charge in [0, 0.05) is 30.8 Å². The van der Waals surface area contributed by atoms with Crippen LogP contribution in [0.15, 0.2) is 54.4 Å². The maximum atomic E-state index is 13.8. The van der Waals surface area contributed by atoms with Crippen molar-refractivity contribution in [3.8, 4) is 5.75 Å². The molecule has 3 N–H and O–H groups in total. The Balaban J connectivity index is 1.79. The van der Waals surface area contributed by atoms with Gasteiger partial charge in [-0.2, -0.15) is 5.09 Å². The summed E-state index contributed by atoms with van der Waals surface area (Å²) in [5, 5.41) is 2.64. The quantitative estimate of drug-likeness (QED) is 0.284. The van der Waals surface area contributed by atoms with Crippen molar-refractivity contribution < 1.29 is 42.2 Å². The average molecular weight is 566 g/mol. The second-order valence-corrected chi connectivity index (χ2v) is 11.3. The number of amides is 1. The van der Waals surface area contributed by atoms with E-state index < -0.39 is 56.0 Å². The van der Waals surface area contributed by atoms with E-state index in [4.69, 9.17) is 29.0 Å². The molecule has 39 heavy (non-hydrogen) atoms. The van der Waals surface area contributed by atoms with Crippen LogP contribution in [0.2, 0.25) is 0 Å². The molecule has 1 aromatic rings. The summed E-state index contributed by atoms with van der Waals surface area (Å²) in [5.41, 5.74) is 5.81. The molecule has 1 saturated heterocycles. The molecule has 1 unspecified atom stereocenters. The van der Waals surface area contributed by atoms with Crippen LogP contribution in [-0.2, 0) is 37.7 Å². The maximum Gasteiger partial charge on any atom is 0.459 e. The molecule has 0 aliphatic carbocycles. The summed E-state index contributed by atoms with van der Waals surface area (Å²) in [7, 11) is -4.14. The normalized spacial score (nSPS) is 25.0. The van der Waals surface area contributed by atoms with Gasteiger partial charge in [-0.05, 0) is 39.3 Å². The van der Waals surface area contributed by atoms with Gasteiger partial charge in [-0.1, -0.05) is 31.2 Å². The molecule has 12 nitrogen and oxygen atoms in total. The summed E-state index contributed by atoms with van der Waals surface area (Å²) in [4.78, 5) is 37.6. The van der Waals surface area contributed by atoms with Crippen molar-refractivity contribution >= 4 is 25.6 Å². The molecule has 3 rings (SSSR count). The van der Waals surface area contributed by atoms with Crippen LogP contribution in [-0.4, -0.2) is 59.9 Å². The molecule has 1 amide bonds. The predicted molar refractivity (Wildman–Crippen MR) is 141 cm³/mol. The number of nitrogens with one attached hydrogen (secondary N) is 1. The number of para-hydroxylation sites is 1. The molecule has 214 valence electrons. The minimum absolute atomic E-state index is 0.234. The van der Waals surface area contributed by atoms with Crippen LogP contribution in [0, 0.1) is 5.92 Å². The summed E-state index contributed by atoms with van der Waals surface area (Å²) >= 11 is 0. The SMILES string of the molecule is CC(=O)O[C@@H]1[C@H](C)[C@@H](COP(=O)(N[C@@H](C)C(=O)OC(C)C)Oc2ccccc2)O[C@H]1N1C=CCC(C(N)=O)=C1. The van der Waals surface area contributed by atoms with Gasteiger partial charge in [-0.15, -0.1) is 0 Å².